The molecule has 3 heterocycles. The lowest BCUT2D eigenvalue weighted by Gasteiger charge is -2.35. The van der Waals surface area contributed by atoms with Gasteiger partial charge < -0.3 is 9.80 Å². The molecule has 0 spiro atoms. The molecule has 1 fully saturated rings. The van der Waals surface area contributed by atoms with Crippen molar-refractivity contribution in [2.45, 2.75) is 19.5 Å². The number of benzene rings is 1. The van der Waals surface area contributed by atoms with Gasteiger partial charge in [-0.05, 0) is 19.1 Å². The first kappa shape index (κ1) is 21.3. The summed E-state index contributed by atoms with van der Waals surface area (Å²) in [6, 6.07) is 10.5. The number of halogens is 3. The molecule has 0 aliphatic carbocycles. The van der Waals surface area contributed by atoms with Crippen LogP contribution in [0.3, 0.4) is 0 Å². The van der Waals surface area contributed by atoms with E-state index in [2.05, 4.69) is 9.97 Å². The van der Waals surface area contributed by atoms with Crippen molar-refractivity contribution in [3.8, 4) is 10.6 Å². The van der Waals surface area contributed by atoms with Crippen LogP contribution in [0, 0.1) is 6.92 Å². The maximum Gasteiger partial charge on any atom is 0.417 e. The third kappa shape index (κ3) is 5.04. The molecule has 9 heteroatoms. The summed E-state index contributed by atoms with van der Waals surface area (Å²) in [6.45, 7) is 4.07. The van der Waals surface area contributed by atoms with Crippen LogP contribution < -0.4 is 4.90 Å². The highest BCUT2D eigenvalue weighted by Gasteiger charge is 2.31. The molecule has 4 rings (SSSR count). The Morgan fingerprint density at radius 1 is 1.06 bits per heavy atom. The molecule has 0 atom stereocenters. The van der Waals surface area contributed by atoms with Crippen molar-refractivity contribution in [3.05, 3.63) is 64.8 Å². The SMILES string of the molecule is Cc1ccc(-c2nc(CC(=O)N3CCN(c4ccc(C(F)(F)F)cn4)CC3)cs2)cc1. The third-order valence-electron chi connectivity index (χ3n) is 5.21. The van der Waals surface area contributed by atoms with E-state index in [1.165, 1.54) is 23.0 Å². The molecular formula is C22H21F3N4OS. The molecule has 162 valence electrons. The Morgan fingerprint density at radius 2 is 1.77 bits per heavy atom. The fourth-order valence-electron chi connectivity index (χ4n) is 3.41. The summed E-state index contributed by atoms with van der Waals surface area (Å²) in [5.41, 5.74) is 2.20. The number of hydrogen-bond donors (Lipinski definition) is 0. The zero-order valence-electron chi connectivity index (χ0n) is 16.9. The number of amides is 1. The summed E-state index contributed by atoms with van der Waals surface area (Å²) in [7, 11) is 0. The number of thiazole rings is 1. The second-order valence-corrected chi connectivity index (χ2v) is 8.32. The van der Waals surface area contributed by atoms with E-state index >= 15 is 0 Å². The standard InChI is InChI=1S/C22H21F3N4OS/c1-15-2-4-16(5-3-15)21-27-18(14-31-21)12-20(30)29-10-8-28(9-11-29)19-7-6-17(13-26-19)22(23,24)25/h2-7,13-14H,8-12H2,1H3. The number of pyridine rings is 1. The van der Waals surface area contributed by atoms with E-state index in [1.807, 2.05) is 41.5 Å². The van der Waals surface area contributed by atoms with E-state index in [4.69, 9.17) is 0 Å². The summed E-state index contributed by atoms with van der Waals surface area (Å²) >= 11 is 1.52. The quantitative estimate of drug-likeness (QED) is 0.595. The first-order valence-corrected chi connectivity index (χ1v) is 10.7. The highest BCUT2D eigenvalue weighted by molar-refractivity contribution is 7.13. The number of nitrogens with zero attached hydrogens (tertiary/aromatic N) is 4. The van der Waals surface area contributed by atoms with Gasteiger partial charge in [-0.1, -0.05) is 29.8 Å². The zero-order valence-corrected chi connectivity index (χ0v) is 17.7. The zero-order chi connectivity index (χ0) is 22.0. The second kappa shape index (κ2) is 8.66. The van der Waals surface area contributed by atoms with Gasteiger partial charge in [0.1, 0.15) is 10.8 Å². The van der Waals surface area contributed by atoms with Gasteiger partial charge in [0.15, 0.2) is 0 Å². The topological polar surface area (TPSA) is 49.3 Å². The van der Waals surface area contributed by atoms with E-state index in [1.54, 1.807) is 4.90 Å². The van der Waals surface area contributed by atoms with E-state index in [0.717, 1.165) is 28.5 Å². The van der Waals surface area contributed by atoms with Crippen LogP contribution in [0.25, 0.3) is 10.6 Å². The number of carbonyl (C=O) groups excluding carboxylic acids is 1. The Morgan fingerprint density at radius 3 is 2.39 bits per heavy atom. The Kier molecular flexibility index (Phi) is 5.95. The molecule has 0 bridgehead atoms. The van der Waals surface area contributed by atoms with E-state index in [9.17, 15) is 18.0 Å². The summed E-state index contributed by atoms with van der Waals surface area (Å²) in [5.74, 6) is 0.489. The van der Waals surface area contributed by atoms with Crippen molar-refractivity contribution in [2.24, 2.45) is 0 Å². The van der Waals surface area contributed by atoms with Crippen molar-refractivity contribution in [2.75, 3.05) is 31.1 Å². The average molecular weight is 446 g/mol. The molecular weight excluding hydrogens is 425 g/mol. The summed E-state index contributed by atoms with van der Waals surface area (Å²) in [5, 5.41) is 2.80. The number of piperazine rings is 1. The number of anilines is 1. The smallest absolute Gasteiger partial charge is 0.353 e. The van der Waals surface area contributed by atoms with Crippen LogP contribution in [0.1, 0.15) is 16.8 Å². The third-order valence-corrected chi connectivity index (χ3v) is 6.15. The molecule has 1 amide bonds. The molecule has 1 aromatic carbocycles. The largest absolute Gasteiger partial charge is 0.417 e. The number of carbonyl (C=O) groups is 1. The van der Waals surface area contributed by atoms with E-state index in [0.29, 0.717) is 32.0 Å². The predicted molar refractivity (Wildman–Crippen MR) is 114 cm³/mol. The van der Waals surface area contributed by atoms with Crippen LogP contribution in [0.5, 0.6) is 0 Å². The fraction of sp³-hybridized carbons (Fsp3) is 0.318. The van der Waals surface area contributed by atoms with Crippen molar-refractivity contribution >= 4 is 23.1 Å². The molecule has 0 N–H and O–H groups in total. The molecule has 2 aromatic heterocycles. The molecule has 0 saturated carbocycles. The van der Waals surface area contributed by atoms with Crippen LogP contribution >= 0.6 is 11.3 Å². The van der Waals surface area contributed by atoms with Gasteiger partial charge in [-0.3, -0.25) is 4.79 Å². The van der Waals surface area contributed by atoms with E-state index in [-0.39, 0.29) is 12.3 Å². The highest BCUT2D eigenvalue weighted by Crippen LogP contribution is 2.29. The number of rotatable bonds is 4. The molecule has 0 radical (unpaired) electrons. The van der Waals surface area contributed by atoms with Gasteiger partial charge in [0, 0.05) is 43.3 Å². The molecule has 1 saturated heterocycles. The van der Waals surface area contributed by atoms with Crippen LogP contribution in [0.15, 0.2) is 48.0 Å². The van der Waals surface area contributed by atoms with Gasteiger partial charge in [0.2, 0.25) is 5.91 Å². The van der Waals surface area contributed by atoms with E-state index < -0.39 is 11.7 Å². The molecule has 1 aliphatic heterocycles. The Bertz CT molecular complexity index is 1040. The maximum atomic E-state index is 12.7. The molecule has 31 heavy (non-hydrogen) atoms. The Balaban J connectivity index is 1.32. The van der Waals surface area contributed by atoms with Crippen molar-refractivity contribution < 1.29 is 18.0 Å². The lowest BCUT2D eigenvalue weighted by Crippen LogP contribution is -2.49. The maximum absolute atomic E-state index is 12.7. The number of hydrogen-bond acceptors (Lipinski definition) is 5. The van der Waals surface area contributed by atoms with Gasteiger partial charge in [-0.2, -0.15) is 13.2 Å². The first-order chi connectivity index (χ1) is 14.8. The van der Waals surface area contributed by atoms with Crippen LogP contribution in [0.2, 0.25) is 0 Å². The van der Waals surface area contributed by atoms with Crippen LogP contribution in [-0.2, 0) is 17.4 Å². The minimum absolute atomic E-state index is 0.000727. The molecule has 3 aromatic rings. The fourth-order valence-corrected chi connectivity index (χ4v) is 4.24. The lowest BCUT2D eigenvalue weighted by molar-refractivity contribution is -0.137. The minimum atomic E-state index is -4.40. The monoisotopic (exact) mass is 446 g/mol. The van der Waals surface area contributed by atoms with Crippen molar-refractivity contribution in [1.29, 1.82) is 0 Å². The number of alkyl halides is 3. The normalized spacial score (nSPS) is 14.7. The molecule has 0 unspecified atom stereocenters. The predicted octanol–water partition coefficient (Wildman–Crippen LogP) is 4.42. The summed E-state index contributed by atoms with van der Waals surface area (Å²) in [4.78, 5) is 24.9. The van der Waals surface area contributed by atoms with Gasteiger partial charge in [-0.25, -0.2) is 9.97 Å². The molecule has 5 nitrogen and oxygen atoms in total. The number of aromatic nitrogens is 2. The Labute approximate surface area is 182 Å². The average Bonchev–Trinajstić information content (AvgIpc) is 3.22. The lowest BCUT2D eigenvalue weighted by atomic mass is 10.2. The molecule has 1 aliphatic rings. The van der Waals surface area contributed by atoms with Gasteiger partial charge in [0.25, 0.3) is 0 Å². The van der Waals surface area contributed by atoms with Crippen LogP contribution in [0.4, 0.5) is 19.0 Å². The van der Waals surface area contributed by atoms with Crippen LogP contribution in [-0.4, -0.2) is 47.0 Å². The second-order valence-electron chi connectivity index (χ2n) is 7.46. The highest BCUT2D eigenvalue weighted by atomic mass is 32.1. The number of aryl methyl sites for hydroxylation is 1. The van der Waals surface area contributed by atoms with Crippen molar-refractivity contribution in [1.82, 2.24) is 14.9 Å². The Hall–Kier alpha value is -2.94. The summed E-state index contributed by atoms with van der Waals surface area (Å²) < 4.78 is 38.1. The van der Waals surface area contributed by atoms with Gasteiger partial charge >= 0.3 is 6.18 Å². The van der Waals surface area contributed by atoms with Gasteiger partial charge in [-0.15, -0.1) is 11.3 Å². The minimum Gasteiger partial charge on any atom is -0.353 e. The van der Waals surface area contributed by atoms with Gasteiger partial charge in [0.05, 0.1) is 17.7 Å². The van der Waals surface area contributed by atoms with Crippen molar-refractivity contribution in [3.63, 3.8) is 0 Å². The first-order valence-electron chi connectivity index (χ1n) is 9.87. The summed E-state index contributed by atoms with van der Waals surface area (Å²) in [6.07, 6.45) is -3.31.